The van der Waals surface area contributed by atoms with Crippen molar-refractivity contribution in [1.82, 2.24) is 4.31 Å². The van der Waals surface area contributed by atoms with Crippen molar-refractivity contribution in [2.24, 2.45) is 0 Å². The van der Waals surface area contributed by atoms with E-state index in [9.17, 15) is 13.2 Å². The van der Waals surface area contributed by atoms with Gasteiger partial charge in [0.15, 0.2) is 0 Å². The lowest BCUT2D eigenvalue weighted by atomic mass is 10.0. The van der Waals surface area contributed by atoms with Crippen LogP contribution in [-0.4, -0.2) is 45.4 Å². The first-order valence-electron chi connectivity index (χ1n) is 9.48. The van der Waals surface area contributed by atoms with Gasteiger partial charge in [-0.3, -0.25) is 4.79 Å². The summed E-state index contributed by atoms with van der Waals surface area (Å²) in [6.07, 6.45) is 1.98. The van der Waals surface area contributed by atoms with Crippen molar-refractivity contribution in [3.05, 3.63) is 48.0 Å². The number of carbonyl (C=O) groups excluding carboxylic acids is 1. The summed E-state index contributed by atoms with van der Waals surface area (Å²) >= 11 is 0. The standard InChI is InChI=1S/C21H26N2O5S/c1-15-7-10-17(11-8-15)29(25,26)23-13-5-4-6-19(23)21(24)22-18-12-9-16(27-2)14-20(18)28-3/h7-12,14,19H,4-6,13H2,1-3H3,(H,22,24)/t19-/m0/s1. The van der Waals surface area contributed by atoms with Crippen molar-refractivity contribution in [2.45, 2.75) is 37.1 Å². The molecule has 29 heavy (non-hydrogen) atoms. The summed E-state index contributed by atoms with van der Waals surface area (Å²) in [5.74, 6) is 0.673. The van der Waals surface area contributed by atoms with E-state index in [1.807, 2.05) is 6.92 Å². The third kappa shape index (κ3) is 4.54. The van der Waals surface area contributed by atoms with Crippen LogP contribution >= 0.6 is 0 Å². The lowest BCUT2D eigenvalue weighted by Gasteiger charge is -2.33. The Kier molecular flexibility index (Phi) is 6.44. The van der Waals surface area contributed by atoms with Crippen molar-refractivity contribution in [2.75, 3.05) is 26.1 Å². The number of benzene rings is 2. The highest BCUT2D eigenvalue weighted by Gasteiger charge is 2.37. The number of hydrogen-bond donors (Lipinski definition) is 1. The second kappa shape index (κ2) is 8.84. The number of nitrogens with one attached hydrogen (secondary N) is 1. The number of sulfonamides is 1. The smallest absolute Gasteiger partial charge is 0.243 e. The van der Waals surface area contributed by atoms with Gasteiger partial charge in [-0.05, 0) is 44.0 Å². The van der Waals surface area contributed by atoms with Crippen LogP contribution in [0.3, 0.4) is 0 Å². The van der Waals surface area contributed by atoms with E-state index >= 15 is 0 Å². The first kappa shape index (κ1) is 21.1. The number of carbonyl (C=O) groups is 1. The maximum absolute atomic E-state index is 13.2. The number of ether oxygens (including phenoxy) is 2. The van der Waals surface area contributed by atoms with Gasteiger partial charge in [0.2, 0.25) is 15.9 Å². The Bertz CT molecular complexity index is 973. The maximum Gasteiger partial charge on any atom is 0.243 e. The van der Waals surface area contributed by atoms with E-state index in [0.717, 1.165) is 18.4 Å². The molecular weight excluding hydrogens is 392 g/mol. The zero-order valence-corrected chi connectivity index (χ0v) is 17.7. The lowest BCUT2D eigenvalue weighted by molar-refractivity contribution is -0.120. The number of anilines is 1. The van der Waals surface area contributed by atoms with Crippen LogP contribution in [0.15, 0.2) is 47.4 Å². The fourth-order valence-corrected chi connectivity index (χ4v) is 5.07. The molecule has 1 atom stereocenters. The van der Waals surface area contributed by atoms with Gasteiger partial charge >= 0.3 is 0 Å². The Morgan fingerprint density at radius 1 is 1.07 bits per heavy atom. The predicted molar refractivity (Wildman–Crippen MR) is 111 cm³/mol. The number of rotatable bonds is 6. The first-order chi connectivity index (χ1) is 13.9. The van der Waals surface area contributed by atoms with Gasteiger partial charge in [-0.25, -0.2) is 8.42 Å². The van der Waals surface area contributed by atoms with Crippen LogP contribution in [0.2, 0.25) is 0 Å². The van der Waals surface area contributed by atoms with E-state index in [-0.39, 0.29) is 10.8 Å². The van der Waals surface area contributed by atoms with Gasteiger partial charge in [-0.1, -0.05) is 24.1 Å². The molecule has 156 valence electrons. The van der Waals surface area contributed by atoms with Crippen LogP contribution < -0.4 is 14.8 Å². The molecule has 1 aliphatic rings. The molecule has 0 aromatic heterocycles. The van der Waals surface area contributed by atoms with E-state index in [2.05, 4.69) is 5.32 Å². The number of amides is 1. The summed E-state index contributed by atoms with van der Waals surface area (Å²) in [5, 5.41) is 2.82. The molecule has 2 aromatic rings. The van der Waals surface area contributed by atoms with Crippen LogP contribution in [0.5, 0.6) is 11.5 Å². The fraction of sp³-hybridized carbons (Fsp3) is 0.381. The summed E-state index contributed by atoms with van der Waals surface area (Å²) in [6.45, 7) is 2.21. The fourth-order valence-electron chi connectivity index (χ4n) is 3.42. The normalized spacial score (nSPS) is 17.6. The van der Waals surface area contributed by atoms with Gasteiger partial charge in [0.05, 0.1) is 24.8 Å². The molecule has 1 amide bonds. The molecule has 0 saturated carbocycles. The first-order valence-corrected chi connectivity index (χ1v) is 10.9. The Morgan fingerprint density at radius 2 is 1.79 bits per heavy atom. The van der Waals surface area contributed by atoms with E-state index in [4.69, 9.17) is 9.47 Å². The van der Waals surface area contributed by atoms with Crippen molar-refractivity contribution in [3.8, 4) is 11.5 Å². The summed E-state index contributed by atoms with van der Waals surface area (Å²) in [4.78, 5) is 13.2. The molecule has 8 heteroatoms. The summed E-state index contributed by atoms with van der Waals surface area (Å²) in [6, 6.07) is 11.0. The Morgan fingerprint density at radius 3 is 2.45 bits per heavy atom. The molecule has 1 N–H and O–H groups in total. The zero-order valence-electron chi connectivity index (χ0n) is 16.8. The molecule has 0 unspecified atom stereocenters. The highest BCUT2D eigenvalue weighted by molar-refractivity contribution is 7.89. The minimum Gasteiger partial charge on any atom is -0.497 e. The van der Waals surface area contributed by atoms with Gasteiger partial charge < -0.3 is 14.8 Å². The van der Waals surface area contributed by atoms with E-state index in [0.29, 0.717) is 30.2 Å². The Hall–Kier alpha value is -2.58. The molecule has 1 saturated heterocycles. The van der Waals surface area contributed by atoms with Crippen molar-refractivity contribution >= 4 is 21.6 Å². The van der Waals surface area contributed by atoms with Gasteiger partial charge in [0.25, 0.3) is 0 Å². The summed E-state index contributed by atoms with van der Waals surface area (Å²) in [7, 11) is -0.727. The number of hydrogen-bond acceptors (Lipinski definition) is 5. The number of aryl methyl sites for hydroxylation is 1. The molecule has 0 spiro atoms. The van der Waals surface area contributed by atoms with Crippen molar-refractivity contribution in [3.63, 3.8) is 0 Å². The van der Waals surface area contributed by atoms with Gasteiger partial charge in [0.1, 0.15) is 17.5 Å². The van der Waals surface area contributed by atoms with Gasteiger partial charge in [-0.15, -0.1) is 0 Å². The third-order valence-electron chi connectivity index (χ3n) is 5.05. The predicted octanol–water partition coefficient (Wildman–Crippen LogP) is 3.19. The van der Waals surface area contributed by atoms with E-state index in [1.54, 1.807) is 49.6 Å². The summed E-state index contributed by atoms with van der Waals surface area (Å²) < 4.78 is 38.2. The Balaban J connectivity index is 1.86. The molecule has 0 bridgehead atoms. The van der Waals surface area contributed by atoms with Crippen LogP contribution in [0, 0.1) is 6.92 Å². The molecule has 1 heterocycles. The monoisotopic (exact) mass is 418 g/mol. The second-order valence-corrected chi connectivity index (χ2v) is 8.89. The number of methoxy groups -OCH3 is 2. The van der Waals surface area contributed by atoms with Crippen LogP contribution in [0.4, 0.5) is 5.69 Å². The quantitative estimate of drug-likeness (QED) is 0.779. The molecule has 0 aliphatic carbocycles. The SMILES string of the molecule is COc1ccc(NC(=O)[C@@H]2CCCCN2S(=O)(=O)c2ccc(C)cc2)c(OC)c1. The van der Waals surface area contributed by atoms with Crippen molar-refractivity contribution < 1.29 is 22.7 Å². The second-order valence-electron chi connectivity index (χ2n) is 7.00. The average molecular weight is 419 g/mol. The molecule has 1 fully saturated rings. The largest absolute Gasteiger partial charge is 0.497 e. The highest BCUT2D eigenvalue weighted by atomic mass is 32.2. The van der Waals surface area contributed by atoms with Crippen LogP contribution in [0.1, 0.15) is 24.8 Å². The van der Waals surface area contributed by atoms with Crippen LogP contribution in [-0.2, 0) is 14.8 Å². The molecule has 2 aromatic carbocycles. The highest BCUT2D eigenvalue weighted by Crippen LogP contribution is 2.31. The zero-order chi connectivity index (χ0) is 21.0. The molecule has 0 radical (unpaired) electrons. The molecule has 3 rings (SSSR count). The lowest BCUT2D eigenvalue weighted by Crippen LogP contribution is -2.49. The number of nitrogens with zero attached hydrogens (tertiary/aromatic N) is 1. The molecule has 1 aliphatic heterocycles. The van der Waals surface area contributed by atoms with Gasteiger partial charge in [-0.2, -0.15) is 4.31 Å². The number of piperidine rings is 1. The molecular formula is C21H26N2O5S. The Labute approximate surface area is 171 Å². The molecule has 7 nitrogen and oxygen atoms in total. The minimum atomic E-state index is -3.77. The minimum absolute atomic E-state index is 0.199. The average Bonchev–Trinajstić information content (AvgIpc) is 2.74. The van der Waals surface area contributed by atoms with E-state index < -0.39 is 16.1 Å². The van der Waals surface area contributed by atoms with E-state index in [1.165, 1.54) is 11.4 Å². The van der Waals surface area contributed by atoms with Gasteiger partial charge in [0, 0.05) is 12.6 Å². The third-order valence-corrected chi connectivity index (χ3v) is 6.97. The van der Waals surface area contributed by atoms with Crippen LogP contribution in [0.25, 0.3) is 0 Å². The summed E-state index contributed by atoms with van der Waals surface area (Å²) in [5.41, 5.74) is 1.44. The van der Waals surface area contributed by atoms with Crippen molar-refractivity contribution in [1.29, 1.82) is 0 Å². The topological polar surface area (TPSA) is 84.9 Å². The maximum atomic E-state index is 13.2.